The minimum Gasteiger partial charge on any atom is -0.493 e. The van der Waals surface area contributed by atoms with E-state index in [9.17, 15) is 4.79 Å². The van der Waals surface area contributed by atoms with Gasteiger partial charge in [0.1, 0.15) is 5.00 Å². The van der Waals surface area contributed by atoms with Crippen LogP contribution >= 0.6 is 11.3 Å². The van der Waals surface area contributed by atoms with E-state index in [1.54, 1.807) is 25.6 Å². The van der Waals surface area contributed by atoms with Gasteiger partial charge in [0, 0.05) is 16.0 Å². The Balaban J connectivity index is 1.80. The van der Waals surface area contributed by atoms with E-state index in [0.717, 1.165) is 35.2 Å². The highest BCUT2D eigenvalue weighted by Crippen LogP contribution is 2.44. The molecule has 1 atom stereocenters. The molecule has 1 N–H and O–H groups in total. The first-order chi connectivity index (χ1) is 16.0. The van der Waals surface area contributed by atoms with Gasteiger partial charge < -0.3 is 14.8 Å². The second kappa shape index (κ2) is 10.4. The predicted octanol–water partition coefficient (Wildman–Crippen LogP) is 6.21. The summed E-state index contributed by atoms with van der Waals surface area (Å²) in [5, 5.41) is 4.15. The molecule has 2 heterocycles. The van der Waals surface area contributed by atoms with Crippen LogP contribution in [0.2, 0.25) is 0 Å². The topological polar surface area (TPSA) is 50.8 Å². The number of methoxy groups -OCH3 is 2. The summed E-state index contributed by atoms with van der Waals surface area (Å²) in [6.07, 6.45) is 3.61. The number of hydrogen-bond donors (Lipinski definition) is 1. The molecule has 174 valence electrons. The molecule has 2 aromatic carbocycles. The van der Waals surface area contributed by atoms with Gasteiger partial charge in [-0.3, -0.25) is 9.69 Å². The van der Waals surface area contributed by atoms with Crippen molar-refractivity contribution < 1.29 is 14.3 Å². The number of likely N-dealkylation sites (tertiary alicyclic amines) is 1. The van der Waals surface area contributed by atoms with Crippen molar-refractivity contribution in [3.63, 3.8) is 0 Å². The smallest absolute Gasteiger partial charge is 0.256 e. The lowest BCUT2D eigenvalue weighted by Crippen LogP contribution is -2.35. The van der Waals surface area contributed by atoms with Crippen molar-refractivity contribution in [2.75, 3.05) is 32.6 Å². The SMILES string of the molecule is COc1ccc([C@@H](c2c(NC(=O)c3ccccc3)sc(C)c2C)N2CCCCC2)cc1OC. The number of thiophene rings is 1. The van der Waals surface area contributed by atoms with Crippen LogP contribution in [0.15, 0.2) is 48.5 Å². The summed E-state index contributed by atoms with van der Waals surface area (Å²) in [5.74, 6) is 1.36. The molecular formula is C27H32N2O3S. The van der Waals surface area contributed by atoms with E-state index in [2.05, 4.69) is 36.2 Å². The zero-order valence-electron chi connectivity index (χ0n) is 19.8. The molecule has 3 aromatic rings. The van der Waals surface area contributed by atoms with E-state index in [1.165, 1.54) is 35.3 Å². The maximum atomic E-state index is 13.1. The van der Waals surface area contributed by atoms with E-state index < -0.39 is 0 Å². The summed E-state index contributed by atoms with van der Waals surface area (Å²) in [6, 6.07) is 15.6. The Morgan fingerprint density at radius 1 is 0.970 bits per heavy atom. The third-order valence-electron chi connectivity index (χ3n) is 6.45. The van der Waals surface area contributed by atoms with Gasteiger partial charge in [-0.2, -0.15) is 0 Å². The Labute approximate surface area is 200 Å². The number of piperidine rings is 1. The quantitative estimate of drug-likeness (QED) is 0.452. The third-order valence-corrected chi connectivity index (χ3v) is 7.59. The summed E-state index contributed by atoms with van der Waals surface area (Å²) in [4.78, 5) is 16.8. The van der Waals surface area contributed by atoms with Crippen LogP contribution in [-0.4, -0.2) is 38.1 Å². The van der Waals surface area contributed by atoms with Crippen LogP contribution < -0.4 is 14.8 Å². The molecule has 0 saturated carbocycles. The van der Waals surface area contributed by atoms with E-state index in [1.807, 2.05) is 36.4 Å². The van der Waals surface area contributed by atoms with E-state index >= 15 is 0 Å². The first-order valence-electron chi connectivity index (χ1n) is 11.5. The Kier molecular flexibility index (Phi) is 7.36. The lowest BCUT2D eigenvalue weighted by Gasteiger charge is -2.36. The summed E-state index contributed by atoms with van der Waals surface area (Å²) >= 11 is 1.65. The van der Waals surface area contributed by atoms with Gasteiger partial charge in [-0.05, 0) is 75.2 Å². The molecule has 1 fully saturated rings. The minimum atomic E-state index is -0.0807. The van der Waals surface area contributed by atoms with Crippen molar-refractivity contribution in [3.05, 3.63) is 75.7 Å². The number of rotatable bonds is 7. The molecule has 0 unspecified atom stereocenters. The summed E-state index contributed by atoms with van der Waals surface area (Å²) in [7, 11) is 3.33. The molecule has 5 nitrogen and oxygen atoms in total. The normalized spacial score (nSPS) is 15.2. The molecule has 0 bridgehead atoms. The lowest BCUT2D eigenvalue weighted by atomic mass is 9.93. The van der Waals surface area contributed by atoms with Crippen LogP contribution in [0.3, 0.4) is 0 Å². The van der Waals surface area contributed by atoms with Gasteiger partial charge in [0.2, 0.25) is 0 Å². The van der Waals surface area contributed by atoms with Gasteiger partial charge in [-0.1, -0.05) is 30.7 Å². The van der Waals surface area contributed by atoms with Gasteiger partial charge in [0.05, 0.1) is 20.3 Å². The first kappa shape index (κ1) is 23.3. The maximum Gasteiger partial charge on any atom is 0.256 e. The Hall–Kier alpha value is -2.83. The number of aryl methyl sites for hydroxylation is 1. The Morgan fingerprint density at radius 2 is 1.67 bits per heavy atom. The molecule has 0 spiro atoms. The molecule has 1 aromatic heterocycles. The largest absolute Gasteiger partial charge is 0.493 e. The Bertz CT molecular complexity index is 1100. The maximum absolute atomic E-state index is 13.1. The molecule has 1 aliphatic rings. The van der Waals surface area contributed by atoms with Crippen LogP contribution in [0.1, 0.15) is 57.2 Å². The van der Waals surface area contributed by atoms with E-state index in [4.69, 9.17) is 9.47 Å². The number of ether oxygens (including phenoxy) is 2. The molecule has 1 saturated heterocycles. The number of hydrogen-bond acceptors (Lipinski definition) is 5. The highest BCUT2D eigenvalue weighted by molar-refractivity contribution is 7.16. The Morgan fingerprint density at radius 3 is 2.33 bits per heavy atom. The highest BCUT2D eigenvalue weighted by Gasteiger charge is 2.31. The number of nitrogens with one attached hydrogen (secondary N) is 1. The lowest BCUT2D eigenvalue weighted by molar-refractivity contribution is 0.102. The molecule has 0 aliphatic carbocycles. The van der Waals surface area contributed by atoms with Gasteiger partial charge in [-0.15, -0.1) is 11.3 Å². The highest BCUT2D eigenvalue weighted by atomic mass is 32.1. The van der Waals surface area contributed by atoms with Crippen molar-refractivity contribution in [3.8, 4) is 11.5 Å². The van der Waals surface area contributed by atoms with Crippen LogP contribution in [0.5, 0.6) is 11.5 Å². The number of carbonyl (C=O) groups is 1. The molecule has 1 aliphatic heterocycles. The average Bonchev–Trinajstić information content (AvgIpc) is 3.13. The number of anilines is 1. The van der Waals surface area contributed by atoms with Crippen molar-refractivity contribution in [2.45, 2.75) is 39.2 Å². The number of nitrogens with zero attached hydrogens (tertiary/aromatic N) is 1. The van der Waals surface area contributed by atoms with Crippen molar-refractivity contribution >= 4 is 22.2 Å². The van der Waals surface area contributed by atoms with Crippen molar-refractivity contribution in [1.29, 1.82) is 0 Å². The second-order valence-electron chi connectivity index (χ2n) is 8.46. The van der Waals surface area contributed by atoms with Crippen LogP contribution in [0.25, 0.3) is 0 Å². The summed E-state index contributed by atoms with van der Waals surface area (Å²) < 4.78 is 11.1. The van der Waals surface area contributed by atoms with Crippen molar-refractivity contribution in [2.24, 2.45) is 0 Å². The fourth-order valence-corrected chi connectivity index (χ4v) is 5.68. The summed E-state index contributed by atoms with van der Waals surface area (Å²) in [5.41, 5.74) is 4.21. The van der Waals surface area contributed by atoms with E-state index in [-0.39, 0.29) is 11.9 Å². The molecular weight excluding hydrogens is 432 g/mol. The molecule has 33 heavy (non-hydrogen) atoms. The van der Waals surface area contributed by atoms with Gasteiger partial charge in [0.25, 0.3) is 5.91 Å². The predicted molar refractivity (Wildman–Crippen MR) is 135 cm³/mol. The standard InChI is InChI=1S/C27H32N2O3S/c1-18-19(2)33-27(28-26(30)20-11-7-5-8-12-20)24(18)25(29-15-9-6-10-16-29)21-13-14-22(31-3)23(17-21)32-4/h5,7-8,11-14,17,25H,6,9-10,15-16H2,1-4H3,(H,28,30)/t25-/m0/s1. The fourth-order valence-electron chi connectivity index (χ4n) is 4.59. The number of benzene rings is 2. The molecule has 4 rings (SSSR count). The second-order valence-corrected chi connectivity index (χ2v) is 9.68. The average molecular weight is 465 g/mol. The third kappa shape index (κ3) is 4.92. The molecule has 0 radical (unpaired) electrons. The fraction of sp³-hybridized carbons (Fsp3) is 0.370. The van der Waals surface area contributed by atoms with Gasteiger partial charge in [-0.25, -0.2) is 0 Å². The number of amides is 1. The van der Waals surface area contributed by atoms with Crippen LogP contribution in [0.4, 0.5) is 5.00 Å². The zero-order chi connectivity index (χ0) is 23.4. The monoisotopic (exact) mass is 464 g/mol. The van der Waals surface area contributed by atoms with E-state index in [0.29, 0.717) is 5.56 Å². The number of carbonyl (C=O) groups excluding carboxylic acids is 1. The zero-order valence-corrected chi connectivity index (χ0v) is 20.6. The van der Waals surface area contributed by atoms with Gasteiger partial charge in [0.15, 0.2) is 11.5 Å². The van der Waals surface area contributed by atoms with Crippen LogP contribution in [-0.2, 0) is 0 Å². The van der Waals surface area contributed by atoms with Gasteiger partial charge >= 0.3 is 0 Å². The van der Waals surface area contributed by atoms with Crippen molar-refractivity contribution in [1.82, 2.24) is 4.90 Å². The summed E-state index contributed by atoms with van der Waals surface area (Å²) in [6.45, 7) is 6.35. The minimum absolute atomic E-state index is 0.0288. The molecule has 1 amide bonds. The first-order valence-corrected chi connectivity index (χ1v) is 12.3. The molecule has 6 heteroatoms. The van der Waals surface area contributed by atoms with Crippen LogP contribution in [0, 0.1) is 13.8 Å².